The van der Waals surface area contributed by atoms with Gasteiger partial charge in [-0.1, -0.05) is 53.7 Å². The van der Waals surface area contributed by atoms with Gasteiger partial charge in [0.15, 0.2) is 5.16 Å². The fourth-order valence-electron chi connectivity index (χ4n) is 2.73. The Morgan fingerprint density at radius 1 is 1.11 bits per heavy atom. The first kappa shape index (κ1) is 18.6. The summed E-state index contributed by atoms with van der Waals surface area (Å²) in [6, 6.07) is 17.4. The summed E-state index contributed by atoms with van der Waals surface area (Å²) in [6.07, 6.45) is 2.38. The molecule has 4 rings (SSSR count). The topological polar surface area (TPSA) is 76.7 Å². The number of H-pyrrole nitrogens is 1. The molecule has 0 fully saturated rings. The lowest BCUT2D eigenvalue weighted by Crippen LogP contribution is -2.18. The predicted octanol–water partition coefficient (Wildman–Crippen LogP) is 4.41. The zero-order valence-corrected chi connectivity index (χ0v) is 16.4. The number of benzene rings is 2. The van der Waals surface area contributed by atoms with E-state index >= 15 is 0 Å². The number of nitrogens with zero attached hydrogens (tertiary/aromatic N) is 3. The maximum absolute atomic E-state index is 12.1. The van der Waals surface area contributed by atoms with Crippen LogP contribution in [-0.2, 0) is 18.7 Å². The fourth-order valence-corrected chi connectivity index (χ4v) is 3.71. The van der Waals surface area contributed by atoms with E-state index < -0.39 is 0 Å². The van der Waals surface area contributed by atoms with Crippen molar-refractivity contribution in [3.8, 4) is 11.5 Å². The Labute approximate surface area is 170 Å². The summed E-state index contributed by atoms with van der Waals surface area (Å²) in [5.74, 6) is 1.09. The molecule has 0 aliphatic carbocycles. The molecule has 0 amide bonds. The normalized spacial score (nSPS) is 11.0. The largest absolute Gasteiger partial charge is 0.444 e. The summed E-state index contributed by atoms with van der Waals surface area (Å²) in [5, 5.41) is 7.96. The molecule has 0 radical (unpaired) electrons. The lowest BCUT2D eigenvalue weighted by molar-refractivity contribution is 0.573. The number of hydrogen-bond donors (Lipinski definition) is 1. The third kappa shape index (κ3) is 4.37. The average molecular weight is 413 g/mol. The molecule has 0 atom stereocenters. The third-order valence-electron chi connectivity index (χ3n) is 4.18. The SMILES string of the molecule is O=c1[nH]nc(SCc2coc(-c3ccc(Cl)cc3)n2)n1CCc1ccccc1. The van der Waals surface area contributed by atoms with Gasteiger partial charge in [0.05, 0.1) is 5.69 Å². The monoisotopic (exact) mass is 412 g/mol. The second kappa shape index (κ2) is 8.50. The maximum atomic E-state index is 12.1. The first-order valence-electron chi connectivity index (χ1n) is 8.71. The number of oxazole rings is 1. The van der Waals surface area contributed by atoms with Gasteiger partial charge < -0.3 is 4.42 Å². The molecule has 0 unspecified atom stereocenters. The molecule has 2 aromatic heterocycles. The molecule has 8 heteroatoms. The minimum atomic E-state index is -0.208. The van der Waals surface area contributed by atoms with E-state index in [1.807, 2.05) is 42.5 Å². The van der Waals surface area contributed by atoms with E-state index in [2.05, 4.69) is 15.2 Å². The molecule has 0 bridgehead atoms. The van der Waals surface area contributed by atoms with Gasteiger partial charge in [-0.05, 0) is 36.2 Å². The van der Waals surface area contributed by atoms with Crippen LogP contribution in [0.5, 0.6) is 0 Å². The van der Waals surface area contributed by atoms with Crippen molar-refractivity contribution < 1.29 is 4.42 Å². The standard InChI is InChI=1S/C20H17ClN4O2S/c21-16-8-6-15(7-9-16)18-22-17(12-27-18)13-28-20-24-23-19(26)25(20)11-10-14-4-2-1-3-5-14/h1-9,12H,10-11,13H2,(H,23,26). The van der Waals surface area contributed by atoms with Gasteiger partial charge in [0.25, 0.3) is 0 Å². The predicted molar refractivity (Wildman–Crippen MR) is 110 cm³/mol. The van der Waals surface area contributed by atoms with Gasteiger partial charge >= 0.3 is 5.69 Å². The van der Waals surface area contributed by atoms with Crippen LogP contribution in [0.15, 0.2) is 75.2 Å². The Morgan fingerprint density at radius 3 is 2.68 bits per heavy atom. The van der Waals surface area contributed by atoms with E-state index in [9.17, 15) is 4.79 Å². The molecule has 4 aromatic rings. The highest BCUT2D eigenvalue weighted by Crippen LogP contribution is 2.24. The van der Waals surface area contributed by atoms with Gasteiger partial charge in [0.2, 0.25) is 5.89 Å². The van der Waals surface area contributed by atoms with Crippen LogP contribution in [0.25, 0.3) is 11.5 Å². The second-order valence-electron chi connectivity index (χ2n) is 6.14. The molecule has 28 heavy (non-hydrogen) atoms. The number of aromatic nitrogens is 4. The molecule has 1 N–H and O–H groups in total. The van der Waals surface area contributed by atoms with E-state index in [4.69, 9.17) is 16.0 Å². The van der Waals surface area contributed by atoms with Gasteiger partial charge in [-0.3, -0.25) is 4.57 Å². The van der Waals surface area contributed by atoms with Crippen LogP contribution in [0, 0.1) is 0 Å². The van der Waals surface area contributed by atoms with E-state index in [1.54, 1.807) is 23.0 Å². The average Bonchev–Trinajstić information content (AvgIpc) is 3.33. The quantitative estimate of drug-likeness (QED) is 0.455. The van der Waals surface area contributed by atoms with Crippen molar-refractivity contribution in [3.05, 3.63) is 87.6 Å². The highest BCUT2D eigenvalue weighted by molar-refractivity contribution is 7.98. The van der Waals surface area contributed by atoms with Crippen LogP contribution >= 0.6 is 23.4 Å². The van der Waals surface area contributed by atoms with E-state index in [-0.39, 0.29) is 5.69 Å². The van der Waals surface area contributed by atoms with Crippen molar-refractivity contribution >= 4 is 23.4 Å². The Kier molecular flexibility index (Phi) is 5.64. The van der Waals surface area contributed by atoms with Crippen LogP contribution < -0.4 is 5.69 Å². The summed E-state index contributed by atoms with van der Waals surface area (Å²) in [5.41, 5.74) is 2.61. The summed E-state index contributed by atoms with van der Waals surface area (Å²) < 4.78 is 7.21. The molecule has 0 spiro atoms. The number of halogens is 1. The molecule has 2 aromatic carbocycles. The smallest absolute Gasteiger partial charge is 0.343 e. The highest BCUT2D eigenvalue weighted by Gasteiger charge is 2.12. The fraction of sp³-hybridized carbons (Fsp3) is 0.150. The van der Waals surface area contributed by atoms with Crippen LogP contribution in [0.1, 0.15) is 11.3 Å². The minimum Gasteiger partial charge on any atom is -0.444 e. The molecular weight excluding hydrogens is 396 g/mol. The summed E-state index contributed by atoms with van der Waals surface area (Å²) >= 11 is 7.36. The molecule has 6 nitrogen and oxygen atoms in total. The molecule has 2 heterocycles. The molecule has 0 saturated carbocycles. The summed E-state index contributed by atoms with van der Waals surface area (Å²) in [4.78, 5) is 16.6. The summed E-state index contributed by atoms with van der Waals surface area (Å²) in [7, 11) is 0. The van der Waals surface area contributed by atoms with E-state index in [0.717, 1.165) is 17.7 Å². The van der Waals surface area contributed by atoms with Gasteiger partial charge in [-0.2, -0.15) is 0 Å². The van der Waals surface area contributed by atoms with Crippen molar-refractivity contribution in [2.45, 2.75) is 23.9 Å². The number of thioether (sulfide) groups is 1. The zero-order chi connectivity index (χ0) is 19.3. The Bertz CT molecular complexity index is 1100. The Hall–Kier alpha value is -2.77. The van der Waals surface area contributed by atoms with Crippen LogP contribution in [-0.4, -0.2) is 19.7 Å². The number of aromatic amines is 1. The van der Waals surface area contributed by atoms with Crippen molar-refractivity contribution in [2.24, 2.45) is 0 Å². The van der Waals surface area contributed by atoms with Crippen molar-refractivity contribution in [2.75, 3.05) is 0 Å². The third-order valence-corrected chi connectivity index (χ3v) is 5.44. The molecule has 0 aliphatic heterocycles. The van der Waals surface area contributed by atoms with Gasteiger partial charge in [-0.15, -0.1) is 5.10 Å². The first-order valence-corrected chi connectivity index (χ1v) is 10.1. The number of hydrogen-bond acceptors (Lipinski definition) is 5. The molecular formula is C20H17ClN4O2S. The van der Waals surface area contributed by atoms with Crippen LogP contribution in [0.3, 0.4) is 0 Å². The zero-order valence-electron chi connectivity index (χ0n) is 14.8. The van der Waals surface area contributed by atoms with Gasteiger partial charge in [0, 0.05) is 22.9 Å². The summed E-state index contributed by atoms with van der Waals surface area (Å²) in [6.45, 7) is 0.566. The van der Waals surface area contributed by atoms with E-state index in [0.29, 0.717) is 28.4 Å². The van der Waals surface area contributed by atoms with Crippen LogP contribution in [0.2, 0.25) is 5.02 Å². The highest BCUT2D eigenvalue weighted by atomic mass is 35.5. The van der Waals surface area contributed by atoms with Crippen LogP contribution in [0.4, 0.5) is 0 Å². The number of nitrogens with one attached hydrogen (secondary N) is 1. The second-order valence-corrected chi connectivity index (χ2v) is 7.52. The Balaban J connectivity index is 1.41. The Morgan fingerprint density at radius 2 is 1.89 bits per heavy atom. The lowest BCUT2D eigenvalue weighted by atomic mass is 10.1. The molecule has 0 saturated heterocycles. The number of rotatable bonds is 7. The number of aryl methyl sites for hydroxylation is 1. The van der Waals surface area contributed by atoms with Gasteiger partial charge in [0.1, 0.15) is 6.26 Å². The van der Waals surface area contributed by atoms with E-state index in [1.165, 1.54) is 17.3 Å². The molecule has 0 aliphatic rings. The van der Waals surface area contributed by atoms with Gasteiger partial charge in [-0.25, -0.2) is 14.9 Å². The minimum absolute atomic E-state index is 0.208. The first-order chi connectivity index (χ1) is 13.7. The molecule has 142 valence electrons. The van der Waals surface area contributed by atoms with Crippen molar-refractivity contribution in [1.29, 1.82) is 0 Å². The van der Waals surface area contributed by atoms with Crippen molar-refractivity contribution in [3.63, 3.8) is 0 Å². The lowest BCUT2D eigenvalue weighted by Gasteiger charge is -2.05. The maximum Gasteiger partial charge on any atom is 0.343 e. The van der Waals surface area contributed by atoms with Crippen molar-refractivity contribution in [1.82, 2.24) is 19.7 Å².